The van der Waals surface area contributed by atoms with Gasteiger partial charge in [0.2, 0.25) is 5.91 Å². The second-order valence-corrected chi connectivity index (χ2v) is 4.59. The quantitative estimate of drug-likeness (QED) is 0.555. The molecule has 0 aliphatic heterocycles. The van der Waals surface area contributed by atoms with Gasteiger partial charge in [-0.2, -0.15) is 0 Å². The first kappa shape index (κ1) is 13.9. The summed E-state index contributed by atoms with van der Waals surface area (Å²) in [6, 6.07) is 0.267. The van der Waals surface area contributed by atoms with Crippen LogP contribution in [0.5, 0.6) is 0 Å². The van der Waals surface area contributed by atoms with E-state index in [4.69, 9.17) is 0 Å². The number of carbonyl (C=O) groups excluding carboxylic acids is 1. The zero-order chi connectivity index (χ0) is 11.0. The van der Waals surface area contributed by atoms with Crippen LogP contribution < -0.4 is 5.32 Å². The zero-order valence-corrected chi connectivity index (χ0v) is 11.1. The molecule has 0 aromatic rings. The molecule has 0 heterocycles. The van der Waals surface area contributed by atoms with Crippen molar-refractivity contribution in [3.05, 3.63) is 0 Å². The van der Waals surface area contributed by atoms with Gasteiger partial charge in [-0.1, -0.05) is 42.6 Å². The smallest absolute Gasteiger partial charge is 0.220 e. The van der Waals surface area contributed by atoms with Gasteiger partial charge in [0.05, 0.1) is 0 Å². The average molecular weight is 264 g/mol. The molecule has 2 nitrogen and oxygen atoms in total. The Morgan fingerprint density at radius 1 is 1.36 bits per heavy atom. The first-order valence-electron chi connectivity index (χ1n) is 5.47. The topological polar surface area (TPSA) is 29.1 Å². The van der Waals surface area contributed by atoms with Crippen LogP contribution in [0.15, 0.2) is 0 Å². The molecule has 0 aromatic heterocycles. The lowest BCUT2D eigenvalue weighted by Gasteiger charge is -2.19. The number of hydrogen-bond donors (Lipinski definition) is 1. The minimum atomic E-state index is 0.193. The van der Waals surface area contributed by atoms with Crippen molar-refractivity contribution in [1.29, 1.82) is 0 Å². The van der Waals surface area contributed by atoms with Crippen molar-refractivity contribution < 1.29 is 4.79 Å². The summed E-state index contributed by atoms with van der Waals surface area (Å²) >= 11 is 3.42. The Morgan fingerprint density at radius 3 is 2.50 bits per heavy atom. The van der Waals surface area contributed by atoms with Crippen LogP contribution in [0.2, 0.25) is 0 Å². The molecule has 0 aliphatic rings. The lowest BCUT2D eigenvalue weighted by molar-refractivity contribution is -0.122. The van der Waals surface area contributed by atoms with E-state index in [0.717, 1.165) is 18.2 Å². The highest BCUT2D eigenvalue weighted by atomic mass is 79.9. The number of hydrogen-bond acceptors (Lipinski definition) is 1. The van der Waals surface area contributed by atoms with Gasteiger partial charge in [-0.3, -0.25) is 4.79 Å². The van der Waals surface area contributed by atoms with E-state index in [0.29, 0.717) is 12.3 Å². The van der Waals surface area contributed by atoms with E-state index in [-0.39, 0.29) is 11.9 Å². The van der Waals surface area contributed by atoms with Gasteiger partial charge in [-0.05, 0) is 19.3 Å². The lowest BCUT2D eigenvalue weighted by Crippen LogP contribution is -2.37. The molecule has 2 atom stereocenters. The maximum absolute atomic E-state index is 11.4. The number of amides is 1. The predicted octanol–water partition coefficient (Wildman–Crippen LogP) is 3.10. The molecular formula is C11H22BrNO. The second kappa shape index (κ2) is 8.27. The normalized spacial score (nSPS) is 14.9. The molecular weight excluding hydrogens is 242 g/mol. The van der Waals surface area contributed by atoms with Crippen molar-refractivity contribution in [3.8, 4) is 0 Å². The average Bonchev–Trinajstić information content (AvgIpc) is 2.16. The van der Waals surface area contributed by atoms with Crippen LogP contribution >= 0.6 is 15.9 Å². The Labute approximate surface area is 96.0 Å². The number of nitrogens with one attached hydrogen (secondary N) is 1. The Bertz CT molecular complexity index is 161. The minimum Gasteiger partial charge on any atom is -0.353 e. The van der Waals surface area contributed by atoms with Crippen LogP contribution in [0.1, 0.15) is 46.5 Å². The highest BCUT2D eigenvalue weighted by Crippen LogP contribution is 2.06. The van der Waals surface area contributed by atoms with Gasteiger partial charge in [0.1, 0.15) is 0 Å². The van der Waals surface area contributed by atoms with Crippen LogP contribution in [-0.2, 0) is 4.79 Å². The van der Waals surface area contributed by atoms with Gasteiger partial charge in [-0.15, -0.1) is 0 Å². The number of carbonyl (C=O) groups is 1. The SMILES string of the molecule is CCCCCC(=O)NC(C)C(C)CBr. The highest BCUT2D eigenvalue weighted by Gasteiger charge is 2.12. The van der Waals surface area contributed by atoms with Crippen molar-refractivity contribution in [1.82, 2.24) is 5.32 Å². The van der Waals surface area contributed by atoms with Gasteiger partial charge in [-0.25, -0.2) is 0 Å². The fraction of sp³-hybridized carbons (Fsp3) is 0.909. The van der Waals surface area contributed by atoms with Crippen molar-refractivity contribution in [3.63, 3.8) is 0 Å². The molecule has 0 bridgehead atoms. The monoisotopic (exact) mass is 263 g/mol. The molecule has 14 heavy (non-hydrogen) atoms. The van der Waals surface area contributed by atoms with Gasteiger partial charge < -0.3 is 5.32 Å². The van der Waals surface area contributed by atoms with Crippen LogP contribution in [0.3, 0.4) is 0 Å². The van der Waals surface area contributed by atoms with Gasteiger partial charge in [0.25, 0.3) is 0 Å². The summed E-state index contributed by atoms with van der Waals surface area (Å²) in [6.07, 6.45) is 4.00. The molecule has 0 aromatic carbocycles. The Hall–Kier alpha value is -0.0500. The maximum atomic E-state index is 11.4. The van der Waals surface area contributed by atoms with E-state index in [1.54, 1.807) is 0 Å². The summed E-state index contributed by atoms with van der Waals surface area (Å²) < 4.78 is 0. The van der Waals surface area contributed by atoms with Gasteiger partial charge >= 0.3 is 0 Å². The van der Waals surface area contributed by atoms with E-state index in [1.165, 1.54) is 6.42 Å². The standard InChI is InChI=1S/C11H22BrNO/c1-4-5-6-7-11(14)13-10(3)9(2)8-12/h9-10H,4-8H2,1-3H3,(H,13,14). The Balaban J connectivity index is 3.60. The summed E-state index contributed by atoms with van der Waals surface area (Å²) in [6.45, 7) is 6.34. The first-order valence-corrected chi connectivity index (χ1v) is 6.59. The molecule has 0 aliphatic carbocycles. The van der Waals surface area contributed by atoms with E-state index >= 15 is 0 Å². The molecule has 0 rings (SSSR count). The third-order valence-electron chi connectivity index (χ3n) is 2.49. The molecule has 0 spiro atoms. The first-order chi connectivity index (χ1) is 6.61. The maximum Gasteiger partial charge on any atom is 0.220 e. The van der Waals surface area contributed by atoms with E-state index in [2.05, 4.69) is 42.0 Å². The fourth-order valence-corrected chi connectivity index (χ4v) is 1.70. The molecule has 0 saturated carbocycles. The van der Waals surface area contributed by atoms with Crippen LogP contribution in [0, 0.1) is 5.92 Å². The number of alkyl halides is 1. The molecule has 1 amide bonds. The molecule has 1 N–H and O–H groups in total. The molecule has 0 fully saturated rings. The highest BCUT2D eigenvalue weighted by molar-refractivity contribution is 9.09. The number of halogens is 1. The predicted molar refractivity (Wildman–Crippen MR) is 64.7 cm³/mol. The minimum absolute atomic E-state index is 0.193. The molecule has 0 radical (unpaired) electrons. The van der Waals surface area contributed by atoms with Crippen molar-refractivity contribution in [2.24, 2.45) is 5.92 Å². The van der Waals surface area contributed by atoms with Crippen molar-refractivity contribution in [2.75, 3.05) is 5.33 Å². The lowest BCUT2D eigenvalue weighted by atomic mass is 10.1. The summed E-state index contributed by atoms with van der Waals surface area (Å²) in [5.41, 5.74) is 0. The van der Waals surface area contributed by atoms with Gasteiger partial charge in [0, 0.05) is 17.8 Å². The van der Waals surface area contributed by atoms with Crippen molar-refractivity contribution >= 4 is 21.8 Å². The largest absolute Gasteiger partial charge is 0.353 e. The number of unbranched alkanes of at least 4 members (excludes halogenated alkanes) is 2. The zero-order valence-electron chi connectivity index (χ0n) is 9.48. The molecule has 0 saturated heterocycles. The van der Waals surface area contributed by atoms with Gasteiger partial charge in [0.15, 0.2) is 0 Å². The van der Waals surface area contributed by atoms with E-state index < -0.39 is 0 Å². The third kappa shape index (κ3) is 6.41. The van der Waals surface area contributed by atoms with Crippen LogP contribution in [0.25, 0.3) is 0 Å². The van der Waals surface area contributed by atoms with Crippen LogP contribution in [-0.4, -0.2) is 17.3 Å². The molecule has 84 valence electrons. The van der Waals surface area contributed by atoms with E-state index in [1.807, 2.05) is 0 Å². The Morgan fingerprint density at radius 2 is 2.00 bits per heavy atom. The second-order valence-electron chi connectivity index (χ2n) is 3.94. The summed E-state index contributed by atoms with van der Waals surface area (Å²) in [4.78, 5) is 11.4. The summed E-state index contributed by atoms with van der Waals surface area (Å²) in [7, 11) is 0. The third-order valence-corrected chi connectivity index (χ3v) is 3.51. The van der Waals surface area contributed by atoms with E-state index in [9.17, 15) is 4.79 Å². The molecule has 3 heteroatoms. The fourth-order valence-electron chi connectivity index (χ4n) is 1.14. The number of rotatable bonds is 7. The molecule has 2 unspecified atom stereocenters. The summed E-state index contributed by atoms with van der Waals surface area (Å²) in [5.74, 6) is 0.684. The van der Waals surface area contributed by atoms with Crippen molar-refractivity contribution in [2.45, 2.75) is 52.5 Å². The summed E-state index contributed by atoms with van der Waals surface area (Å²) in [5, 5.41) is 3.95. The van der Waals surface area contributed by atoms with Crippen LogP contribution in [0.4, 0.5) is 0 Å². The Kier molecular flexibility index (Phi) is 8.24.